The summed E-state index contributed by atoms with van der Waals surface area (Å²) in [4.78, 5) is 5.52. The Morgan fingerprint density at radius 1 is 1.44 bits per heavy atom. The minimum atomic E-state index is 0.585. The SMILES string of the molecule is CCc1nc2ccc(SC)cc2c(C)[n+]1[O-]. The molecule has 16 heavy (non-hydrogen) atoms. The van der Waals surface area contributed by atoms with Gasteiger partial charge in [-0.1, -0.05) is 6.92 Å². The molecule has 0 aliphatic heterocycles. The third-order valence-electron chi connectivity index (χ3n) is 2.70. The molecule has 0 aliphatic rings. The predicted molar refractivity (Wildman–Crippen MR) is 66.6 cm³/mol. The Balaban J connectivity index is 2.77. The molecule has 0 aliphatic carbocycles. The topological polar surface area (TPSA) is 39.8 Å². The highest BCUT2D eigenvalue weighted by Gasteiger charge is 2.13. The second-order valence-corrected chi connectivity index (χ2v) is 4.52. The van der Waals surface area contributed by atoms with Gasteiger partial charge in [-0.3, -0.25) is 0 Å². The van der Waals surface area contributed by atoms with Gasteiger partial charge in [0.1, 0.15) is 5.69 Å². The summed E-state index contributed by atoms with van der Waals surface area (Å²) in [6.07, 6.45) is 2.68. The van der Waals surface area contributed by atoms with E-state index < -0.39 is 0 Å². The van der Waals surface area contributed by atoms with Gasteiger partial charge in [-0.05, 0) is 36.4 Å². The van der Waals surface area contributed by atoms with Crippen molar-refractivity contribution in [2.45, 2.75) is 25.2 Å². The van der Waals surface area contributed by atoms with Crippen LogP contribution in [0.3, 0.4) is 0 Å². The highest BCUT2D eigenvalue weighted by Crippen LogP contribution is 2.22. The summed E-state index contributed by atoms with van der Waals surface area (Å²) in [6, 6.07) is 6.04. The van der Waals surface area contributed by atoms with Crippen molar-refractivity contribution < 1.29 is 4.73 Å². The van der Waals surface area contributed by atoms with Crippen LogP contribution in [-0.4, -0.2) is 11.2 Å². The fourth-order valence-electron chi connectivity index (χ4n) is 1.74. The van der Waals surface area contributed by atoms with Crippen molar-refractivity contribution in [2.24, 2.45) is 0 Å². The largest absolute Gasteiger partial charge is 0.711 e. The van der Waals surface area contributed by atoms with Gasteiger partial charge in [0.15, 0.2) is 5.52 Å². The van der Waals surface area contributed by atoms with Crippen LogP contribution in [-0.2, 0) is 6.42 Å². The van der Waals surface area contributed by atoms with Crippen LogP contribution in [0.1, 0.15) is 18.4 Å². The fraction of sp³-hybridized carbons (Fsp3) is 0.333. The maximum Gasteiger partial charge on any atom is 0.301 e. The quantitative estimate of drug-likeness (QED) is 0.455. The van der Waals surface area contributed by atoms with Gasteiger partial charge in [-0.2, -0.15) is 0 Å². The molecule has 0 bridgehead atoms. The zero-order chi connectivity index (χ0) is 11.7. The summed E-state index contributed by atoms with van der Waals surface area (Å²) in [5.74, 6) is 0.585. The van der Waals surface area contributed by atoms with Crippen molar-refractivity contribution in [1.29, 1.82) is 0 Å². The fourth-order valence-corrected chi connectivity index (χ4v) is 2.18. The minimum Gasteiger partial charge on any atom is -0.711 e. The normalized spacial score (nSPS) is 10.9. The zero-order valence-electron chi connectivity index (χ0n) is 9.65. The number of thioether (sulfide) groups is 1. The molecule has 84 valence electrons. The van der Waals surface area contributed by atoms with Gasteiger partial charge in [0, 0.05) is 4.90 Å². The van der Waals surface area contributed by atoms with Crippen molar-refractivity contribution in [3.05, 3.63) is 34.9 Å². The molecule has 0 unspecified atom stereocenters. The number of rotatable bonds is 2. The van der Waals surface area contributed by atoms with Gasteiger partial charge in [0.05, 0.1) is 11.8 Å². The van der Waals surface area contributed by atoms with Gasteiger partial charge < -0.3 is 5.21 Å². The van der Waals surface area contributed by atoms with Crippen LogP contribution in [0.4, 0.5) is 0 Å². The van der Waals surface area contributed by atoms with Gasteiger partial charge >= 0.3 is 5.82 Å². The summed E-state index contributed by atoms with van der Waals surface area (Å²) in [7, 11) is 0. The van der Waals surface area contributed by atoms with Crippen LogP contribution in [0.25, 0.3) is 10.9 Å². The van der Waals surface area contributed by atoms with E-state index in [9.17, 15) is 5.21 Å². The van der Waals surface area contributed by atoms with E-state index >= 15 is 0 Å². The van der Waals surface area contributed by atoms with Crippen LogP contribution in [0.15, 0.2) is 23.1 Å². The lowest BCUT2D eigenvalue weighted by Crippen LogP contribution is -2.36. The summed E-state index contributed by atoms with van der Waals surface area (Å²) in [5.41, 5.74) is 1.64. The number of nitrogens with zero attached hydrogens (tertiary/aromatic N) is 2. The van der Waals surface area contributed by atoms with E-state index in [0.29, 0.717) is 12.2 Å². The maximum absolute atomic E-state index is 11.9. The van der Waals surface area contributed by atoms with Crippen LogP contribution < -0.4 is 4.73 Å². The highest BCUT2D eigenvalue weighted by molar-refractivity contribution is 7.98. The highest BCUT2D eigenvalue weighted by atomic mass is 32.2. The third-order valence-corrected chi connectivity index (χ3v) is 3.42. The smallest absolute Gasteiger partial charge is 0.301 e. The van der Waals surface area contributed by atoms with Crippen molar-refractivity contribution in [2.75, 3.05) is 6.26 Å². The van der Waals surface area contributed by atoms with Gasteiger partial charge in [-0.25, -0.2) is 4.73 Å². The average Bonchev–Trinajstić information content (AvgIpc) is 2.33. The van der Waals surface area contributed by atoms with Crippen LogP contribution in [0.5, 0.6) is 0 Å². The predicted octanol–water partition coefficient (Wildman–Crippen LogP) is 2.46. The lowest BCUT2D eigenvalue weighted by molar-refractivity contribution is -0.622. The Bertz CT molecular complexity index is 540. The van der Waals surface area contributed by atoms with Gasteiger partial charge in [0.2, 0.25) is 0 Å². The van der Waals surface area contributed by atoms with Crippen LogP contribution >= 0.6 is 11.8 Å². The van der Waals surface area contributed by atoms with Gasteiger partial charge in [-0.15, -0.1) is 11.8 Å². The standard InChI is InChI=1S/C12H14N2OS/c1-4-12-13-11-6-5-9(16-3)7-10(11)8(2)14(12)15/h5-7H,4H2,1-3H3. The first kappa shape index (κ1) is 11.2. The molecule has 0 spiro atoms. The van der Waals surface area contributed by atoms with E-state index in [1.54, 1.807) is 11.8 Å². The number of aryl methyl sites for hydroxylation is 2. The van der Waals surface area contributed by atoms with E-state index in [2.05, 4.69) is 4.98 Å². The summed E-state index contributed by atoms with van der Waals surface area (Å²) in [6.45, 7) is 3.79. The molecule has 0 atom stereocenters. The first-order valence-electron chi connectivity index (χ1n) is 5.24. The molecule has 2 aromatic rings. The molecule has 4 heteroatoms. The van der Waals surface area contributed by atoms with E-state index in [-0.39, 0.29) is 0 Å². The Morgan fingerprint density at radius 2 is 2.19 bits per heavy atom. The van der Waals surface area contributed by atoms with Gasteiger partial charge in [0.25, 0.3) is 0 Å². The molecule has 3 nitrogen and oxygen atoms in total. The summed E-state index contributed by atoms with van der Waals surface area (Å²) < 4.78 is 0.937. The van der Waals surface area contributed by atoms with E-state index in [0.717, 1.165) is 26.2 Å². The first-order valence-corrected chi connectivity index (χ1v) is 6.46. The molecule has 0 saturated heterocycles. The molecular weight excluding hydrogens is 220 g/mol. The Morgan fingerprint density at radius 3 is 2.81 bits per heavy atom. The van der Waals surface area contributed by atoms with Crippen molar-refractivity contribution in [3.8, 4) is 0 Å². The van der Waals surface area contributed by atoms with E-state index in [4.69, 9.17) is 0 Å². The molecule has 1 aromatic carbocycles. The van der Waals surface area contributed by atoms with E-state index in [1.165, 1.54) is 0 Å². The number of fused-ring (bicyclic) bond motifs is 1. The molecule has 1 heterocycles. The molecular formula is C12H14N2OS. The molecule has 0 fully saturated rings. The van der Waals surface area contributed by atoms with Crippen LogP contribution in [0, 0.1) is 12.1 Å². The number of hydrogen-bond donors (Lipinski definition) is 0. The molecule has 1 aromatic heterocycles. The Labute approximate surface area is 99.1 Å². The zero-order valence-corrected chi connectivity index (χ0v) is 10.5. The molecule has 2 rings (SSSR count). The van der Waals surface area contributed by atoms with Crippen LogP contribution in [0.2, 0.25) is 0 Å². The monoisotopic (exact) mass is 234 g/mol. The lowest BCUT2D eigenvalue weighted by atomic mass is 10.2. The minimum absolute atomic E-state index is 0.585. The van der Waals surface area contributed by atoms with Crippen molar-refractivity contribution in [3.63, 3.8) is 0 Å². The molecule has 0 N–H and O–H groups in total. The number of benzene rings is 1. The van der Waals surface area contributed by atoms with Crippen molar-refractivity contribution >= 4 is 22.7 Å². The number of hydrogen-bond acceptors (Lipinski definition) is 3. The number of aromatic nitrogens is 2. The summed E-state index contributed by atoms with van der Waals surface area (Å²) >= 11 is 1.67. The second-order valence-electron chi connectivity index (χ2n) is 3.64. The second kappa shape index (κ2) is 4.29. The van der Waals surface area contributed by atoms with Crippen molar-refractivity contribution in [1.82, 2.24) is 4.98 Å². The summed E-state index contributed by atoms with van der Waals surface area (Å²) in [5, 5.41) is 12.8. The maximum atomic E-state index is 11.9. The first-order chi connectivity index (χ1) is 7.67. The molecule has 0 amide bonds. The van der Waals surface area contributed by atoms with E-state index in [1.807, 2.05) is 38.3 Å². The Kier molecular flexibility index (Phi) is 3.01. The molecule has 0 radical (unpaired) electrons. The Hall–Kier alpha value is -1.29. The average molecular weight is 234 g/mol. The molecule has 0 saturated carbocycles. The third kappa shape index (κ3) is 1.73. The lowest BCUT2D eigenvalue weighted by Gasteiger charge is -2.10.